The number of carbonyl (C=O) groups is 2. The first-order chi connectivity index (χ1) is 10.7. The van der Waals surface area contributed by atoms with Gasteiger partial charge in [-0.25, -0.2) is 9.59 Å². The van der Waals surface area contributed by atoms with Crippen molar-refractivity contribution in [2.75, 3.05) is 6.54 Å². The number of alkyl carbamates (subject to hydrolysis) is 1. The van der Waals surface area contributed by atoms with E-state index in [-0.39, 0.29) is 12.3 Å². The van der Waals surface area contributed by atoms with E-state index in [1.165, 1.54) is 6.07 Å². The van der Waals surface area contributed by atoms with Gasteiger partial charge in [0.25, 0.3) is 0 Å². The predicted octanol–water partition coefficient (Wildman–Crippen LogP) is 3.01. The minimum Gasteiger partial charge on any atom is -0.475 e. The summed E-state index contributed by atoms with van der Waals surface area (Å²) in [5, 5.41) is 12.1. The van der Waals surface area contributed by atoms with Crippen LogP contribution in [0.2, 0.25) is 0 Å². The molecule has 0 aliphatic rings. The van der Waals surface area contributed by atoms with Gasteiger partial charge in [-0.3, -0.25) is 0 Å². The second-order valence-electron chi connectivity index (χ2n) is 5.83. The Bertz CT molecular complexity index is 802. The third-order valence-electron chi connectivity index (χ3n) is 2.68. The van der Waals surface area contributed by atoms with Crippen molar-refractivity contribution in [2.24, 2.45) is 0 Å². The van der Waals surface area contributed by atoms with Crippen LogP contribution in [0, 0.1) is 11.8 Å². The fraction of sp³-hybridized carbons (Fsp3) is 0.294. The molecule has 2 rings (SSSR count). The first-order valence-electron chi connectivity index (χ1n) is 6.97. The lowest BCUT2D eigenvalue weighted by Crippen LogP contribution is -2.32. The SMILES string of the molecule is CC(C)(C)OC(=O)NCC#Cc1ccc2oc(C(=O)O)cc2c1. The highest BCUT2D eigenvalue weighted by Crippen LogP contribution is 2.20. The van der Waals surface area contributed by atoms with E-state index in [4.69, 9.17) is 14.3 Å². The zero-order valence-corrected chi connectivity index (χ0v) is 13.1. The smallest absolute Gasteiger partial charge is 0.408 e. The van der Waals surface area contributed by atoms with Crippen LogP contribution in [0.15, 0.2) is 28.7 Å². The molecular weight excluding hydrogens is 298 g/mol. The fourth-order valence-electron chi connectivity index (χ4n) is 1.80. The number of hydrogen-bond acceptors (Lipinski definition) is 4. The Labute approximate surface area is 133 Å². The average Bonchev–Trinajstić information content (AvgIpc) is 2.85. The zero-order chi connectivity index (χ0) is 17.0. The lowest BCUT2D eigenvalue weighted by molar-refractivity contribution is 0.0534. The van der Waals surface area contributed by atoms with Gasteiger partial charge in [-0.05, 0) is 45.0 Å². The molecule has 1 amide bonds. The molecule has 0 radical (unpaired) electrons. The number of rotatable bonds is 2. The number of carboxylic acid groups (broad SMARTS) is 1. The molecule has 1 aromatic carbocycles. The number of amides is 1. The van der Waals surface area contributed by atoms with E-state index >= 15 is 0 Å². The molecule has 6 nitrogen and oxygen atoms in total. The van der Waals surface area contributed by atoms with Gasteiger partial charge >= 0.3 is 12.1 Å². The summed E-state index contributed by atoms with van der Waals surface area (Å²) in [6.07, 6.45) is -0.525. The summed E-state index contributed by atoms with van der Waals surface area (Å²) < 4.78 is 10.3. The molecule has 0 unspecified atom stereocenters. The minimum absolute atomic E-state index is 0.114. The van der Waals surface area contributed by atoms with Gasteiger partial charge in [-0.1, -0.05) is 11.8 Å². The minimum atomic E-state index is -1.12. The van der Waals surface area contributed by atoms with E-state index in [1.807, 2.05) is 0 Å². The topological polar surface area (TPSA) is 88.8 Å². The first-order valence-corrected chi connectivity index (χ1v) is 6.97. The van der Waals surface area contributed by atoms with E-state index in [1.54, 1.807) is 39.0 Å². The van der Waals surface area contributed by atoms with Gasteiger partial charge in [0.05, 0.1) is 6.54 Å². The molecule has 0 saturated carbocycles. The maximum Gasteiger partial charge on any atom is 0.408 e. The highest BCUT2D eigenvalue weighted by atomic mass is 16.6. The lowest BCUT2D eigenvalue weighted by atomic mass is 10.1. The maximum atomic E-state index is 11.4. The number of carboxylic acids is 1. The standard InChI is InChI=1S/C17H17NO5/c1-17(2,3)23-16(21)18-8-4-5-11-6-7-13-12(9-11)10-14(22-13)15(19)20/h6-7,9-10H,8H2,1-3H3,(H,18,21)(H,19,20). The summed E-state index contributed by atoms with van der Waals surface area (Å²) in [6, 6.07) is 6.55. The molecule has 0 spiro atoms. The molecule has 2 N–H and O–H groups in total. The van der Waals surface area contributed by atoms with Crippen LogP contribution in [0.3, 0.4) is 0 Å². The largest absolute Gasteiger partial charge is 0.475 e. The van der Waals surface area contributed by atoms with Gasteiger partial charge in [-0.2, -0.15) is 0 Å². The molecule has 0 atom stereocenters. The van der Waals surface area contributed by atoms with Crippen molar-refractivity contribution in [2.45, 2.75) is 26.4 Å². The summed E-state index contributed by atoms with van der Waals surface area (Å²) >= 11 is 0. The van der Waals surface area contributed by atoms with Crippen LogP contribution in [0.1, 0.15) is 36.9 Å². The van der Waals surface area contributed by atoms with E-state index in [0.29, 0.717) is 16.5 Å². The summed E-state index contributed by atoms with van der Waals surface area (Å²) in [5.74, 6) is 4.46. The Hall–Kier alpha value is -2.94. The van der Waals surface area contributed by atoms with Gasteiger partial charge in [0.2, 0.25) is 5.76 Å². The van der Waals surface area contributed by atoms with E-state index in [2.05, 4.69) is 17.2 Å². The van der Waals surface area contributed by atoms with Crippen molar-refractivity contribution >= 4 is 23.0 Å². The van der Waals surface area contributed by atoms with E-state index in [0.717, 1.165) is 0 Å². The lowest BCUT2D eigenvalue weighted by Gasteiger charge is -2.18. The molecule has 0 aliphatic heterocycles. The Balaban J connectivity index is 2.00. The van der Waals surface area contributed by atoms with Crippen molar-refractivity contribution < 1.29 is 23.8 Å². The molecule has 120 valence electrons. The first kappa shape index (κ1) is 16.4. The Morgan fingerprint density at radius 3 is 2.70 bits per heavy atom. The van der Waals surface area contributed by atoms with Crippen LogP contribution < -0.4 is 5.32 Å². The van der Waals surface area contributed by atoms with Crippen molar-refractivity contribution in [1.82, 2.24) is 5.32 Å². The van der Waals surface area contributed by atoms with Gasteiger partial charge in [0.15, 0.2) is 0 Å². The number of carbonyl (C=O) groups excluding carboxylic acids is 1. The molecule has 23 heavy (non-hydrogen) atoms. The fourth-order valence-corrected chi connectivity index (χ4v) is 1.80. The summed E-state index contributed by atoms with van der Waals surface area (Å²) in [5.41, 5.74) is 0.632. The summed E-state index contributed by atoms with van der Waals surface area (Å²) in [6.45, 7) is 5.50. The molecule has 6 heteroatoms. The Morgan fingerprint density at radius 1 is 1.30 bits per heavy atom. The number of fused-ring (bicyclic) bond motifs is 1. The number of benzene rings is 1. The molecule has 2 aromatic rings. The number of furan rings is 1. The number of aromatic carboxylic acids is 1. The van der Waals surface area contributed by atoms with Crippen LogP contribution in [0.5, 0.6) is 0 Å². The van der Waals surface area contributed by atoms with Crippen LogP contribution in [-0.2, 0) is 4.74 Å². The third kappa shape index (κ3) is 4.78. The molecule has 1 aromatic heterocycles. The summed E-state index contributed by atoms with van der Waals surface area (Å²) in [7, 11) is 0. The summed E-state index contributed by atoms with van der Waals surface area (Å²) in [4.78, 5) is 22.3. The van der Waals surface area contributed by atoms with E-state index in [9.17, 15) is 9.59 Å². The van der Waals surface area contributed by atoms with Crippen LogP contribution in [0.4, 0.5) is 4.79 Å². The third-order valence-corrected chi connectivity index (χ3v) is 2.68. The van der Waals surface area contributed by atoms with Crippen molar-refractivity contribution in [3.05, 3.63) is 35.6 Å². The van der Waals surface area contributed by atoms with E-state index < -0.39 is 17.7 Å². The maximum absolute atomic E-state index is 11.4. The second-order valence-corrected chi connectivity index (χ2v) is 5.83. The molecule has 0 bridgehead atoms. The molecule has 0 saturated heterocycles. The van der Waals surface area contributed by atoms with Gasteiger partial charge < -0.3 is 19.6 Å². The van der Waals surface area contributed by atoms with Gasteiger partial charge in [0.1, 0.15) is 11.2 Å². The number of nitrogens with one attached hydrogen (secondary N) is 1. The van der Waals surface area contributed by atoms with Crippen molar-refractivity contribution in [1.29, 1.82) is 0 Å². The predicted molar refractivity (Wildman–Crippen MR) is 84.3 cm³/mol. The highest BCUT2D eigenvalue weighted by Gasteiger charge is 2.15. The van der Waals surface area contributed by atoms with Crippen LogP contribution in [0.25, 0.3) is 11.0 Å². The van der Waals surface area contributed by atoms with Crippen molar-refractivity contribution in [3.8, 4) is 11.8 Å². The molecule has 0 fully saturated rings. The number of hydrogen-bond donors (Lipinski definition) is 2. The molecular formula is C17H17NO5. The highest BCUT2D eigenvalue weighted by molar-refractivity contribution is 5.91. The van der Waals surface area contributed by atoms with Gasteiger partial charge in [0, 0.05) is 10.9 Å². The zero-order valence-electron chi connectivity index (χ0n) is 13.1. The number of ether oxygens (including phenoxy) is 1. The second kappa shape index (κ2) is 6.44. The van der Waals surface area contributed by atoms with Crippen LogP contribution in [-0.4, -0.2) is 29.3 Å². The quantitative estimate of drug-likeness (QED) is 0.832. The average molecular weight is 315 g/mol. The van der Waals surface area contributed by atoms with Gasteiger partial charge in [-0.15, -0.1) is 0 Å². The molecule has 1 heterocycles. The van der Waals surface area contributed by atoms with Crippen molar-refractivity contribution in [3.63, 3.8) is 0 Å². The Morgan fingerprint density at radius 2 is 2.04 bits per heavy atom. The van der Waals surface area contributed by atoms with Crippen LogP contribution >= 0.6 is 0 Å². The monoisotopic (exact) mass is 315 g/mol. The molecule has 0 aliphatic carbocycles. The Kier molecular flexibility index (Phi) is 4.60. The normalized spacial score (nSPS) is 10.7.